The van der Waals surface area contributed by atoms with Crippen molar-refractivity contribution in [1.29, 1.82) is 0 Å². The number of hydrogen-bond donors (Lipinski definition) is 1. The van der Waals surface area contributed by atoms with E-state index >= 15 is 0 Å². The summed E-state index contributed by atoms with van der Waals surface area (Å²) in [4.78, 5) is 23.1. The average molecular weight is 598 g/mol. The zero-order chi connectivity index (χ0) is 27.9. The molecule has 0 aliphatic heterocycles. The molecule has 3 aromatic heterocycles. The van der Waals surface area contributed by atoms with E-state index in [2.05, 4.69) is 21.3 Å². The number of thiophene rings is 1. The van der Waals surface area contributed by atoms with Crippen molar-refractivity contribution in [3.8, 4) is 10.4 Å². The summed E-state index contributed by atoms with van der Waals surface area (Å²) < 4.78 is 30.3. The third-order valence-electron chi connectivity index (χ3n) is 6.21. The minimum absolute atomic E-state index is 0.0385. The van der Waals surface area contributed by atoms with Crippen LogP contribution in [0.25, 0.3) is 27.7 Å². The van der Waals surface area contributed by atoms with Gasteiger partial charge in [-0.05, 0) is 72.5 Å². The number of aromatic nitrogens is 3. The maximum Gasteiger partial charge on any atom is 0.283 e. The third kappa shape index (κ3) is 5.49. The highest BCUT2D eigenvalue weighted by Crippen LogP contribution is 2.34. The predicted molar refractivity (Wildman–Crippen MR) is 157 cm³/mol. The quantitative estimate of drug-likeness (QED) is 0.221. The van der Waals surface area contributed by atoms with Crippen LogP contribution < -0.4 is 4.72 Å². The number of halogens is 2. The van der Waals surface area contributed by atoms with E-state index in [0.717, 1.165) is 21.6 Å². The van der Waals surface area contributed by atoms with Gasteiger partial charge >= 0.3 is 0 Å². The van der Waals surface area contributed by atoms with Gasteiger partial charge in [-0.1, -0.05) is 60.1 Å². The molecule has 3 heterocycles. The number of nitrogens with zero attached hydrogens (tertiary/aromatic N) is 3. The van der Waals surface area contributed by atoms with Gasteiger partial charge in [-0.25, -0.2) is 23.1 Å². The first-order valence-corrected chi connectivity index (χ1v) is 14.8. The van der Waals surface area contributed by atoms with E-state index < -0.39 is 15.9 Å². The van der Waals surface area contributed by atoms with Crippen LogP contribution in [-0.4, -0.2) is 28.9 Å². The molecule has 1 N–H and O–H groups in total. The van der Waals surface area contributed by atoms with Crippen LogP contribution in [0.5, 0.6) is 0 Å². The number of benzene rings is 2. The minimum atomic E-state index is -4.10. The summed E-state index contributed by atoms with van der Waals surface area (Å²) >= 11 is 14.2. The second kappa shape index (κ2) is 10.6. The van der Waals surface area contributed by atoms with Gasteiger partial charge in [0.05, 0.1) is 15.8 Å². The number of rotatable bonds is 7. The van der Waals surface area contributed by atoms with Gasteiger partial charge in [0.15, 0.2) is 5.65 Å². The normalized spacial score (nSPS) is 11.6. The number of hydrogen-bond acceptors (Lipinski definition) is 6. The van der Waals surface area contributed by atoms with Crippen LogP contribution in [0.15, 0.2) is 72.1 Å². The summed E-state index contributed by atoms with van der Waals surface area (Å²) in [5.74, 6) is -0.159. The van der Waals surface area contributed by atoms with Crippen molar-refractivity contribution in [1.82, 2.24) is 19.3 Å². The first-order chi connectivity index (χ1) is 18.6. The first-order valence-electron chi connectivity index (χ1n) is 11.7. The van der Waals surface area contributed by atoms with Gasteiger partial charge in [0.1, 0.15) is 17.0 Å². The maximum atomic E-state index is 13.0. The Morgan fingerprint density at radius 1 is 1.05 bits per heavy atom. The Morgan fingerprint density at radius 3 is 2.44 bits per heavy atom. The minimum Gasteiger partial charge on any atom is -0.308 e. The van der Waals surface area contributed by atoms with E-state index in [0.29, 0.717) is 38.5 Å². The van der Waals surface area contributed by atoms with Crippen molar-refractivity contribution in [3.63, 3.8) is 0 Å². The van der Waals surface area contributed by atoms with Gasteiger partial charge in [-0.2, -0.15) is 0 Å². The lowest BCUT2D eigenvalue weighted by atomic mass is 10.1. The lowest BCUT2D eigenvalue weighted by molar-refractivity contribution is 0.0976. The Kier molecular flexibility index (Phi) is 7.35. The lowest BCUT2D eigenvalue weighted by Crippen LogP contribution is -2.31. The van der Waals surface area contributed by atoms with Gasteiger partial charge < -0.3 is 4.57 Å². The molecule has 2 aromatic carbocycles. The van der Waals surface area contributed by atoms with Crippen molar-refractivity contribution in [2.45, 2.75) is 25.3 Å². The van der Waals surface area contributed by atoms with Crippen LogP contribution >= 0.6 is 34.5 Å². The lowest BCUT2D eigenvalue weighted by Gasteiger charge is -2.11. The summed E-state index contributed by atoms with van der Waals surface area (Å²) in [5, 5.41) is 0.567. The molecule has 7 nitrogen and oxygen atoms in total. The smallest absolute Gasteiger partial charge is 0.283 e. The molecule has 5 rings (SSSR count). The molecule has 0 atom stereocenters. The maximum absolute atomic E-state index is 13.0. The molecule has 0 fully saturated rings. The molecule has 0 bridgehead atoms. The van der Waals surface area contributed by atoms with Crippen LogP contribution in [0, 0.1) is 13.8 Å². The molecular formula is C28H22Cl2N4O3S2. The Bertz CT molecular complexity index is 1860. The number of carbonyl (C=O) groups is 1. The molecule has 0 saturated heterocycles. The molecule has 5 aromatic rings. The molecule has 11 heteroatoms. The fraction of sp³-hybridized carbons (Fsp3) is 0.107. The number of carbonyl (C=O) groups excluding carboxylic acids is 1. The fourth-order valence-electron chi connectivity index (χ4n) is 4.14. The third-order valence-corrected chi connectivity index (χ3v) is 9.19. The van der Waals surface area contributed by atoms with Crippen LogP contribution in [0.3, 0.4) is 0 Å². The van der Waals surface area contributed by atoms with Crippen molar-refractivity contribution in [2.24, 2.45) is 0 Å². The molecule has 1 amide bonds. The average Bonchev–Trinajstić information content (AvgIpc) is 3.48. The summed E-state index contributed by atoms with van der Waals surface area (Å²) in [7, 11) is -4.10. The Labute approximate surface area is 239 Å². The van der Waals surface area contributed by atoms with E-state index in [9.17, 15) is 13.2 Å². The molecule has 198 valence electrons. The molecule has 0 aliphatic rings. The fourth-order valence-corrected chi connectivity index (χ4v) is 6.38. The van der Waals surface area contributed by atoms with E-state index in [1.807, 2.05) is 41.8 Å². The molecular weight excluding hydrogens is 575 g/mol. The summed E-state index contributed by atoms with van der Waals surface area (Å²) in [6.07, 6.45) is 1.60. The molecule has 0 aliphatic carbocycles. The van der Waals surface area contributed by atoms with E-state index in [4.69, 9.17) is 23.2 Å². The molecule has 0 spiro atoms. The number of aryl methyl sites for hydroxylation is 2. The van der Waals surface area contributed by atoms with Crippen LogP contribution in [-0.2, 0) is 16.6 Å². The monoisotopic (exact) mass is 596 g/mol. The van der Waals surface area contributed by atoms with Crippen molar-refractivity contribution >= 4 is 67.7 Å². The summed E-state index contributed by atoms with van der Waals surface area (Å²) in [6, 6.07) is 17.1. The molecule has 0 radical (unpaired) electrons. The van der Waals surface area contributed by atoms with E-state index in [1.54, 1.807) is 25.1 Å². The SMILES string of the molecule is C=Cc1ccc(S(=O)(=O)NC(=O)c2cc(C)c3nc(C)n(Cc4ccc(-c5ccc(Cl)s5)cc4Cl)c3n2)cc1. The van der Waals surface area contributed by atoms with Crippen molar-refractivity contribution < 1.29 is 13.2 Å². The van der Waals surface area contributed by atoms with Crippen LogP contribution in [0.2, 0.25) is 9.36 Å². The van der Waals surface area contributed by atoms with Crippen molar-refractivity contribution in [3.05, 3.63) is 105 Å². The molecule has 0 saturated carbocycles. The Morgan fingerprint density at radius 2 is 1.79 bits per heavy atom. The predicted octanol–water partition coefficient (Wildman–Crippen LogP) is 6.89. The molecule has 39 heavy (non-hydrogen) atoms. The van der Waals surface area contributed by atoms with Gasteiger partial charge in [0, 0.05) is 9.90 Å². The van der Waals surface area contributed by atoms with Gasteiger partial charge in [0.25, 0.3) is 15.9 Å². The zero-order valence-electron chi connectivity index (χ0n) is 20.9. The zero-order valence-corrected chi connectivity index (χ0v) is 24.0. The van der Waals surface area contributed by atoms with Crippen LogP contribution in [0.1, 0.15) is 33.0 Å². The van der Waals surface area contributed by atoms with Gasteiger partial charge in [-0.3, -0.25) is 4.79 Å². The highest BCUT2D eigenvalue weighted by atomic mass is 35.5. The highest BCUT2D eigenvalue weighted by Gasteiger charge is 2.22. The summed E-state index contributed by atoms with van der Waals surface area (Å²) in [6.45, 7) is 7.66. The molecule has 0 unspecified atom stereocenters. The van der Waals surface area contributed by atoms with Crippen LogP contribution in [0.4, 0.5) is 0 Å². The van der Waals surface area contributed by atoms with Gasteiger partial charge in [0.2, 0.25) is 0 Å². The number of imidazole rings is 1. The van der Waals surface area contributed by atoms with Crippen molar-refractivity contribution in [2.75, 3.05) is 0 Å². The van der Waals surface area contributed by atoms with Gasteiger partial charge in [-0.15, -0.1) is 11.3 Å². The standard InChI is InChI=1S/C28H22Cl2N4O3S2/c1-4-18-5-9-21(10-6-18)39(36,37)33-28(35)23-13-16(2)26-27(32-23)34(17(3)31-26)15-20-8-7-19(14-22(20)29)24-11-12-25(30)38-24/h4-14H,1,15H2,2-3H3,(H,33,35). The second-order valence-electron chi connectivity index (χ2n) is 8.86. The highest BCUT2D eigenvalue weighted by molar-refractivity contribution is 7.90. The number of fused-ring (bicyclic) bond motifs is 1. The number of amides is 1. The largest absolute Gasteiger partial charge is 0.308 e. The van der Waals surface area contributed by atoms with E-state index in [1.165, 1.54) is 29.5 Å². The number of nitrogens with one attached hydrogen (secondary N) is 1. The number of pyridine rings is 1. The topological polar surface area (TPSA) is 94.0 Å². The summed E-state index contributed by atoms with van der Waals surface area (Å²) in [5.41, 5.74) is 4.28. The Hall–Kier alpha value is -3.50. The Balaban J connectivity index is 1.46. The van der Waals surface area contributed by atoms with E-state index in [-0.39, 0.29) is 10.6 Å². The number of sulfonamides is 1. The second-order valence-corrected chi connectivity index (χ2v) is 12.7. The first kappa shape index (κ1) is 27.1.